The highest BCUT2D eigenvalue weighted by Gasteiger charge is 2.22. The number of rotatable bonds is 5. The molecule has 2 aromatic carbocycles. The number of ether oxygens (including phenoxy) is 1. The molecule has 0 unspecified atom stereocenters. The van der Waals surface area contributed by atoms with Crippen molar-refractivity contribution in [3.63, 3.8) is 0 Å². The molecule has 4 aromatic rings. The van der Waals surface area contributed by atoms with Crippen molar-refractivity contribution >= 4 is 10.8 Å². The summed E-state index contributed by atoms with van der Waals surface area (Å²) in [4.78, 5) is 0. The van der Waals surface area contributed by atoms with E-state index in [2.05, 4.69) is 10.3 Å². The van der Waals surface area contributed by atoms with Crippen LogP contribution in [-0.2, 0) is 0 Å². The van der Waals surface area contributed by atoms with Gasteiger partial charge in [-0.3, -0.25) is 4.57 Å². The lowest BCUT2D eigenvalue weighted by atomic mass is 10.1. The van der Waals surface area contributed by atoms with E-state index in [0.717, 1.165) is 17.0 Å². The molecule has 0 amide bonds. The van der Waals surface area contributed by atoms with Gasteiger partial charge in [0.25, 0.3) is 0 Å². The normalized spacial score (nSPS) is 11.6. The highest BCUT2D eigenvalue weighted by molar-refractivity contribution is 5.96. The van der Waals surface area contributed by atoms with Crippen molar-refractivity contribution in [1.29, 1.82) is 0 Å². The molecule has 0 fully saturated rings. The first-order valence-electron chi connectivity index (χ1n) is 9.71. The van der Waals surface area contributed by atoms with E-state index >= 15 is 0 Å². The van der Waals surface area contributed by atoms with Crippen molar-refractivity contribution < 1.29 is 18.6 Å². The summed E-state index contributed by atoms with van der Waals surface area (Å²) in [5, 5.41) is 20.4. The van der Waals surface area contributed by atoms with E-state index in [0.29, 0.717) is 29.3 Å². The van der Waals surface area contributed by atoms with Crippen molar-refractivity contribution in [2.24, 2.45) is 0 Å². The van der Waals surface area contributed by atoms with Crippen molar-refractivity contribution in [3.05, 3.63) is 53.7 Å². The first kappa shape index (κ1) is 19.9. The number of hydrogen-bond acceptors (Lipinski definition) is 4. The second kappa shape index (κ2) is 7.44. The molecule has 6 nitrogen and oxygen atoms in total. The number of hydrogen-bond donors (Lipinski definition) is 1. The van der Waals surface area contributed by atoms with E-state index in [4.69, 9.17) is 4.74 Å². The van der Waals surface area contributed by atoms with Gasteiger partial charge >= 0.3 is 0 Å². The molecule has 0 aliphatic carbocycles. The summed E-state index contributed by atoms with van der Waals surface area (Å²) in [5.74, 6) is -0.652. The molecule has 0 radical (unpaired) electrons. The van der Waals surface area contributed by atoms with Gasteiger partial charge in [0.2, 0.25) is 11.8 Å². The van der Waals surface area contributed by atoms with E-state index in [1.54, 1.807) is 17.6 Å². The Kier molecular flexibility index (Phi) is 4.93. The minimum Gasteiger partial charge on any atom is -0.494 e. The molecule has 0 aliphatic heterocycles. The van der Waals surface area contributed by atoms with Crippen LogP contribution >= 0.6 is 0 Å². The fourth-order valence-electron chi connectivity index (χ4n) is 3.66. The lowest BCUT2D eigenvalue weighted by Crippen LogP contribution is -2.04. The average Bonchev–Trinajstić information content (AvgIpc) is 3.20. The Bertz CT molecular complexity index is 1240. The number of benzene rings is 2. The van der Waals surface area contributed by atoms with Crippen molar-refractivity contribution in [2.75, 3.05) is 6.61 Å². The van der Waals surface area contributed by atoms with Crippen LogP contribution < -0.4 is 4.74 Å². The molecule has 4 rings (SSSR count). The third-order valence-electron chi connectivity index (χ3n) is 5.04. The van der Waals surface area contributed by atoms with Gasteiger partial charge in [0.15, 0.2) is 5.82 Å². The first-order chi connectivity index (χ1) is 14.3. The molecule has 0 saturated heterocycles. The predicted octanol–water partition coefficient (Wildman–Crippen LogP) is 5.16. The molecule has 8 heteroatoms. The molecular weight excluding hydrogens is 390 g/mol. The molecule has 2 aromatic heterocycles. The number of halogens is 2. The smallest absolute Gasteiger partial charge is 0.204 e. The maximum atomic E-state index is 14.2. The minimum absolute atomic E-state index is 0.00598. The SMILES string of the molecule is CCOc1c2cc(-c3nnn(-c4ccc(F)cc4F)c3C)ccc2c(O)n1C(C)C. The van der Waals surface area contributed by atoms with Crippen LogP contribution in [0.25, 0.3) is 27.7 Å². The Labute approximate surface area is 172 Å². The summed E-state index contributed by atoms with van der Waals surface area (Å²) >= 11 is 0. The Balaban J connectivity index is 1.87. The highest BCUT2D eigenvalue weighted by Crippen LogP contribution is 2.41. The Hall–Kier alpha value is -3.42. The van der Waals surface area contributed by atoms with Crippen molar-refractivity contribution in [1.82, 2.24) is 19.6 Å². The third kappa shape index (κ3) is 3.08. The monoisotopic (exact) mass is 412 g/mol. The van der Waals surface area contributed by atoms with Gasteiger partial charge in [-0.1, -0.05) is 11.3 Å². The minimum atomic E-state index is -0.720. The summed E-state index contributed by atoms with van der Waals surface area (Å²) in [6, 6.07) is 8.83. The number of fused-ring (bicyclic) bond motifs is 1. The average molecular weight is 412 g/mol. The van der Waals surface area contributed by atoms with Crippen LogP contribution in [0.15, 0.2) is 36.4 Å². The van der Waals surface area contributed by atoms with Gasteiger partial charge in [-0.2, -0.15) is 0 Å². The second-order valence-electron chi connectivity index (χ2n) is 7.32. The molecule has 0 aliphatic rings. The molecule has 156 valence electrons. The molecule has 30 heavy (non-hydrogen) atoms. The zero-order valence-corrected chi connectivity index (χ0v) is 17.1. The van der Waals surface area contributed by atoms with Crippen LogP contribution in [0.5, 0.6) is 11.8 Å². The summed E-state index contributed by atoms with van der Waals surface area (Å²) in [6.45, 7) is 8.04. The molecule has 0 spiro atoms. The predicted molar refractivity (Wildman–Crippen MR) is 110 cm³/mol. The summed E-state index contributed by atoms with van der Waals surface area (Å²) in [5.41, 5.74) is 2.02. The zero-order valence-electron chi connectivity index (χ0n) is 17.1. The Morgan fingerprint density at radius 3 is 2.53 bits per heavy atom. The van der Waals surface area contributed by atoms with Crippen molar-refractivity contribution in [3.8, 4) is 28.7 Å². The largest absolute Gasteiger partial charge is 0.494 e. The fourth-order valence-corrected chi connectivity index (χ4v) is 3.66. The molecule has 2 heterocycles. The van der Waals surface area contributed by atoms with Crippen LogP contribution in [0.4, 0.5) is 8.78 Å². The maximum absolute atomic E-state index is 14.2. The van der Waals surface area contributed by atoms with E-state index in [1.807, 2.05) is 32.9 Å². The van der Waals surface area contributed by atoms with Crippen molar-refractivity contribution in [2.45, 2.75) is 33.7 Å². The van der Waals surface area contributed by atoms with E-state index in [9.17, 15) is 13.9 Å². The maximum Gasteiger partial charge on any atom is 0.204 e. The lowest BCUT2D eigenvalue weighted by Gasteiger charge is -2.14. The third-order valence-corrected chi connectivity index (χ3v) is 5.04. The summed E-state index contributed by atoms with van der Waals surface area (Å²) in [6.07, 6.45) is 0. The van der Waals surface area contributed by atoms with E-state index in [-0.39, 0.29) is 17.6 Å². The van der Waals surface area contributed by atoms with Crippen LogP contribution in [0, 0.1) is 18.6 Å². The van der Waals surface area contributed by atoms with Gasteiger partial charge in [0.05, 0.1) is 12.3 Å². The van der Waals surface area contributed by atoms with Gasteiger partial charge in [-0.05, 0) is 52.0 Å². The lowest BCUT2D eigenvalue weighted by molar-refractivity contribution is 0.291. The summed E-state index contributed by atoms with van der Waals surface area (Å²) < 4.78 is 36.4. The van der Waals surface area contributed by atoms with Crippen LogP contribution in [0.2, 0.25) is 0 Å². The van der Waals surface area contributed by atoms with Gasteiger partial charge in [0, 0.05) is 28.4 Å². The molecule has 0 bridgehead atoms. The zero-order chi connectivity index (χ0) is 21.6. The Morgan fingerprint density at radius 2 is 1.87 bits per heavy atom. The Morgan fingerprint density at radius 1 is 1.10 bits per heavy atom. The molecule has 1 N–H and O–H groups in total. The van der Waals surface area contributed by atoms with Crippen LogP contribution in [0.3, 0.4) is 0 Å². The second-order valence-corrected chi connectivity index (χ2v) is 7.32. The highest BCUT2D eigenvalue weighted by atomic mass is 19.1. The first-order valence-corrected chi connectivity index (χ1v) is 9.71. The number of nitrogens with zero attached hydrogens (tertiary/aromatic N) is 4. The topological polar surface area (TPSA) is 65.1 Å². The molecular formula is C22H22F2N4O2. The van der Waals surface area contributed by atoms with Crippen LogP contribution in [0.1, 0.15) is 32.5 Å². The van der Waals surface area contributed by atoms with Crippen LogP contribution in [-0.4, -0.2) is 31.3 Å². The number of aromatic hydroxyl groups is 1. The van der Waals surface area contributed by atoms with Gasteiger partial charge in [-0.15, -0.1) is 5.10 Å². The number of aromatic nitrogens is 4. The quantitative estimate of drug-likeness (QED) is 0.492. The molecule has 0 atom stereocenters. The summed E-state index contributed by atoms with van der Waals surface area (Å²) in [7, 11) is 0. The van der Waals surface area contributed by atoms with E-state index < -0.39 is 11.6 Å². The van der Waals surface area contributed by atoms with Gasteiger partial charge < -0.3 is 9.84 Å². The van der Waals surface area contributed by atoms with E-state index in [1.165, 1.54) is 16.8 Å². The standard InChI is InChI=1S/C22H22F2N4O2/c1-5-30-22-17-10-14(6-8-16(17)21(29)27(22)12(2)3)20-13(4)28(26-25-20)19-9-7-15(23)11-18(19)24/h6-12,29H,5H2,1-4H3. The van der Waals surface area contributed by atoms with Gasteiger partial charge in [0.1, 0.15) is 17.2 Å². The van der Waals surface area contributed by atoms with Gasteiger partial charge in [-0.25, -0.2) is 13.5 Å². The fraction of sp³-hybridized carbons (Fsp3) is 0.273. The molecule has 0 saturated carbocycles.